The standard InChI is InChI=1S/C5H8N2/c1-2-7-5-3-4-6/h3,5,7H,2H2,1H3. The Morgan fingerprint density at radius 3 is 3.00 bits per heavy atom. The van der Waals surface area contributed by atoms with E-state index in [2.05, 4.69) is 5.32 Å². The third kappa shape index (κ3) is 5.03. The van der Waals surface area contributed by atoms with Gasteiger partial charge in [0, 0.05) is 18.8 Å². The fourth-order valence-corrected chi connectivity index (χ4v) is 0.214. The summed E-state index contributed by atoms with van der Waals surface area (Å²) in [5, 5.41) is 10.8. The minimum absolute atomic E-state index is 0.873. The van der Waals surface area contributed by atoms with Gasteiger partial charge in [0.05, 0.1) is 6.07 Å². The number of allylic oxidation sites excluding steroid dienone is 1. The molecule has 38 valence electrons. The van der Waals surface area contributed by atoms with E-state index in [0.29, 0.717) is 0 Å². The Morgan fingerprint density at radius 2 is 2.57 bits per heavy atom. The van der Waals surface area contributed by atoms with Crippen molar-refractivity contribution < 1.29 is 0 Å². The van der Waals surface area contributed by atoms with Gasteiger partial charge in [-0.15, -0.1) is 0 Å². The van der Waals surface area contributed by atoms with Crippen molar-refractivity contribution in [2.45, 2.75) is 6.92 Å². The molecular formula is C5H8N2. The van der Waals surface area contributed by atoms with E-state index in [1.54, 1.807) is 6.20 Å². The zero-order valence-electron chi connectivity index (χ0n) is 4.31. The zero-order valence-corrected chi connectivity index (χ0v) is 4.31. The van der Waals surface area contributed by atoms with Crippen LogP contribution in [0, 0.1) is 11.3 Å². The lowest BCUT2D eigenvalue weighted by Crippen LogP contribution is -2.00. The van der Waals surface area contributed by atoms with Crippen molar-refractivity contribution in [1.29, 1.82) is 5.26 Å². The number of hydrogen-bond donors (Lipinski definition) is 1. The molecule has 0 aliphatic carbocycles. The Labute approximate surface area is 43.5 Å². The Bertz CT molecular complexity index is 88.7. The Hall–Kier alpha value is -0.970. The molecule has 0 amide bonds. The molecule has 0 unspecified atom stereocenters. The molecule has 0 fully saturated rings. The third-order valence-electron chi connectivity index (χ3n) is 0.480. The van der Waals surface area contributed by atoms with E-state index in [1.807, 2.05) is 13.0 Å². The maximum absolute atomic E-state index is 7.92. The number of nitrogens with zero attached hydrogens (tertiary/aromatic N) is 1. The van der Waals surface area contributed by atoms with Crippen molar-refractivity contribution in [3.63, 3.8) is 0 Å². The molecule has 2 heteroatoms. The smallest absolute Gasteiger partial charge is 0.0927 e. The lowest BCUT2D eigenvalue weighted by atomic mass is 10.6. The first-order valence-corrected chi connectivity index (χ1v) is 2.19. The normalized spacial score (nSPS) is 8.57. The van der Waals surface area contributed by atoms with Crippen LogP contribution in [0.2, 0.25) is 0 Å². The summed E-state index contributed by atoms with van der Waals surface area (Å²) in [4.78, 5) is 0. The Kier molecular flexibility index (Phi) is 4.33. The van der Waals surface area contributed by atoms with Crippen molar-refractivity contribution in [2.75, 3.05) is 6.54 Å². The van der Waals surface area contributed by atoms with Gasteiger partial charge in [-0.2, -0.15) is 5.26 Å². The van der Waals surface area contributed by atoms with Crippen LogP contribution in [0.4, 0.5) is 0 Å². The first-order valence-electron chi connectivity index (χ1n) is 2.19. The zero-order chi connectivity index (χ0) is 5.54. The summed E-state index contributed by atoms with van der Waals surface area (Å²) in [6.07, 6.45) is 3.03. The molecule has 0 spiro atoms. The molecule has 0 aromatic rings. The molecule has 2 nitrogen and oxygen atoms in total. The third-order valence-corrected chi connectivity index (χ3v) is 0.480. The maximum atomic E-state index is 7.92. The van der Waals surface area contributed by atoms with E-state index in [4.69, 9.17) is 5.26 Å². The first kappa shape index (κ1) is 6.03. The van der Waals surface area contributed by atoms with E-state index >= 15 is 0 Å². The Balaban J connectivity index is 2.97. The SMILES string of the molecule is CCNC=CC#N. The van der Waals surface area contributed by atoms with Crippen LogP contribution in [0.25, 0.3) is 0 Å². The van der Waals surface area contributed by atoms with Crippen LogP contribution < -0.4 is 5.32 Å². The first-order chi connectivity index (χ1) is 3.41. The van der Waals surface area contributed by atoms with Gasteiger partial charge in [-0.3, -0.25) is 0 Å². The molecule has 0 saturated carbocycles. The van der Waals surface area contributed by atoms with Crippen LogP contribution in [-0.4, -0.2) is 6.54 Å². The average molecular weight is 96.1 g/mol. The van der Waals surface area contributed by atoms with Crippen LogP contribution in [-0.2, 0) is 0 Å². The topological polar surface area (TPSA) is 35.8 Å². The number of rotatable bonds is 2. The minimum Gasteiger partial charge on any atom is -0.391 e. The van der Waals surface area contributed by atoms with E-state index < -0.39 is 0 Å². The van der Waals surface area contributed by atoms with Crippen molar-refractivity contribution in [2.24, 2.45) is 0 Å². The van der Waals surface area contributed by atoms with Gasteiger partial charge in [0.15, 0.2) is 0 Å². The minimum atomic E-state index is 0.873. The lowest BCUT2D eigenvalue weighted by Gasteiger charge is -1.84. The monoisotopic (exact) mass is 96.1 g/mol. The number of nitriles is 1. The second-order valence-corrected chi connectivity index (χ2v) is 1.02. The van der Waals surface area contributed by atoms with Crippen LogP contribution in [0.15, 0.2) is 12.3 Å². The maximum Gasteiger partial charge on any atom is 0.0927 e. The quantitative estimate of drug-likeness (QED) is 0.512. The van der Waals surface area contributed by atoms with Gasteiger partial charge in [0.2, 0.25) is 0 Å². The van der Waals surface area contributed by atoms with Gasteiger partial charge < -0.3 is 5.32 Å². The summed E-state index contributed by atoms with van der Waals surface area (Å²) in [5.74, 6) is 0. The highest BCUT2D eigenvalue weighted by Crippen LogP contribution is 1.59. The highest BCUT2D eigenvalue weighted by molar-refractivity contribution is 4.99. The summed E-state index contributed by atoms with van der Waals surface area (Å²) in [6.45, 7) is 2.85. The summed E-state index contributed by atoms with van der Waals surface area (Å²) in [5.41, 5.74) is 0. The van der Waals surface area contributed by atoms with E-state index in [0.717, 1.165) is 6.54 Å². The molecule has 7 heavy (non-hydrogen) atoms. The molecule has 0 atom stereocenters. The largest absolute Gasteiger partial charge is 0.391 e. The summed E-state index contributed by atoms with van der Waals surface area (Å²) < 4.78 is 0. The molecule has 0 radical (unpaired) electrons. The average Bonchev–Trinajstić information content (AvgIpc) is 1.69. The number of hydrogen-bond acceptors (Lipinski definition) is 2. The van der Waals surface area contributed by atoms with Gasteiger partial charge in [0.25, 0.3) is 0 Å². The van der Waals surface area contributed by atoms with Gasteiger partial charge in [-0.25, -0.2) is 0 Å². The predicted octanol–water partition coefficient (Wildman–Crippen LogP) is 0.633. The molecule has 0 saturated heterocycles. The van der Waals surface area contributed by atoms with E-state index in [-0.39, 0.29) is 0 Å². The van der Waals surface area contributed by atoms with Crippen LogP contribution in [0.5, 0.6) is 0 Å². The predicted molar refractivity (Wildman–Crippen MR) is 28.4 cm³/mol. The van der Waals surface area contributed by atoms with Crippen molar-refractivity contribution in [1.82, 2.24) is 5.32 Å². The van der Waals surface area contributed by atoms with Gasteiger partial charge >= 0.3 is 0 Å². The second-order valence-electron chi connectivity index (χ2n) is 1.02. The molecule has 0 rings (SSSR count). The van der Waals surface area contributed by atoms with Crippen LogP contribution in [0.1, 0.15) is 6.92 Å². The molecule has 0 aromatic heterocycles. The molecular weight excluding hydrogens is 88.1 g/mol. The molecule has 0 heterocycles. The summed E-state index contributed by atoms with van der Waals surface area (Å²) in [6, 6.07) is 1.86. The van der Waals surface area contributed by atoms with Gasteiger partial charge in [0.1, 0.15) is 0 Å². The highest BCUT2D eigenvalue weighted by Gasteiger charge is 1.61. The molecule has 0 aliphatic heterocycles. The molecule has 0 bridgehead atoms. The summed E-state index contributed by atoms with van der Waals surface area (Å²) >= 11 is 0. The summed E-state index contributed by atoms with van der Waals surface area (Å²) in [7, 11) is 0. The highest BCUT2D eigenvalue weighted by atomic mass is 14.8. The van der Waals surface area contributed by atoms with E-state index in [1.165, 1.54) is 6.08 Å². The van der Waals surface area contributed by atoms with Crippen molar-refractivity contribution in [3.8, 4) is 6.07 Å². The Morgan fingerprint density at radius 1 is 1.86 bits per heavy atom. The number of nitrogens with one attached hydrogen (secondary N) is 1. The van der Waals surface area contributed by atoms with Crippen molar-refractivity contribution in [3.05, 3.63) is 12.3 Å². The van der Waals surface area contributed by atoms with Gasteiger partial charge in [-0.05, 0) is 6.92 Å². The molecule has 1 N–H and O–H groups in total. The fourth-order valence-electron chi connectivity index (χ4n) is 0.214. The van der Waals surface area contributed by atoms with E-state index in [9.17, 15) is 0 Å². The molecule has 0 aliphatic rings. The van der Waals surface area contributed by atoms with Crippen LogP contribution >= 0.6 is 0 Å². The molecule has 0 aromatic carbocycles. The van der Waals surface area contributed by atoms with Gasteiger partial charge in [-0.1, -0.05) is 0 Å². The van der Waals surface area contributed by atoms with Crippen LogP contribution in [0.3, 0.4) is 0 Å². The van der Waals surface area contributed by atoms with Crippen molar-refractivity contribution >= 4 is 0 Å². The second kappa shape index (κ2) is 5.03. The fraction of sp³-hybridized carbons (Fsp3) is 0.400. The lowest BCUT2D eigenvalue weighted by molar-refractivity contribution is 0.920.